The molecule has 23 heavy (non-hydrogen) atoms. The summed E-state index contributed by atoms with van der Waals surface area (Å²) >= 11 is 5.86. The van der Waals surface area contributed by atoms with Crippen LogP contribution in [0.15, 0.2) is 48.5 Å². The molecule has 1 aliphatic rings. The number of hydrogen-bond acceptors (Lipinski definition) is 3. The molecule has 0 saturated heterocycles. The molecule has 0 aromatic heterocycles. The topological polar surface area (TPSA) is 46.6 Å². The van der Waals surface area contributed by atoms with Crippen LogP contribution in [-0.2, 0) is 22.5 Å². The molecule has 1 atom stereocenters. The predicted octanol–water partition coefficient (Wildman–Crippen LogP) is 3.08. The lowest BCUT2D eigenvalue weighted by molar-refractivity contribution is -0.140. The van der Waals surface area contributed by atoms with Crippen LogP contribution in [-0.4, -0.2) is 29.9 Å². The molecule has 0 spiro atoms. The number of amides is 1. The monoisotopic (exact) mass is 329 g/mol. The first-order valence-corrected chi connectivity index (χ1v) is 7.70. The number of ether oxygens (including phenoxy) is 1. The second kappa shape index (κ2) is 6.42. The van der Waals surface area contributed by atoms with Gasteiger partial charge < -0.3 is 9.64 Å². The predicted molar refractivity (Wildman–Crippen MR) is 87.3 cm³/mol. The smallest absolute Gasteiger partial charge is 0.339 e. The molecule has 0 N–H and O–H groups in total. The third kappa shape index (κ3) is 3.37. The van der Waals surface area contributed by atoms with Crippen LogP contribution in [0.1, 0.15) is 21.5 Å². The minimum atomic E-state index is -0.769. The van der Waals surface area contributed by atoms with Gasteiger partial charge in [-0.05, 0) is 29.3 Å². The van der Waals surface area contributed by atoms with Gasteiger partial charge in [0.2, 0.25) is 0 Å². The van der Waals surface area contributed by atoms with E-state index in [0.29, 0.717) is 23.6 Å². The summed E-state index contributed by atoms with van der Waals surface area (Å²) in [6.45, 7) is 0.436. The number of carbonyl (C=O) groups excluding carboxylic acids is 2. The summed E-state index contributed by atoms with van der Waals surface area (Å²) in [6, 6.07) is 14.5. The summed E-state index contributed by atoms with van der Waals surface area (Å²) in [5.41, 5.74) is 2.35. The number of carbonyl (C=O) groups is 2. The van der Waals surface area contributed by atoms with Crippen LogP contribution in [0.5, 0.6) is 0 Å². The van der Waals surface area contributed by atoms with Crippen molar-refractivity contribution in [1.29, 1.82) is 0 Å². The van der Waals surface area contributed by atoms with Gasteiger partial charge in [0, 0.05) is 25.0 Å². The Morgan fingerprint density at radius 1 is 1.22 bits per heavy atom. The molecule has 1 heterocycles. The van der Waals surface area contributed by atoms with Crippen LogP contribution in [0.25, 0.3) is 0 Å². The zero-order valence-electron chi connectivity index (χ0n) is 12.7. The Bertz CT molecular complexity index is 742. The maximum absolute atomic E-state index is 12.5. The van der Waals surface area contributed by atoms with Crippen molar-refractivity contribution in [1.82, 2.24) is 4.90 Å². The standard InChI is InChI=1S/C18H16ClNO3/c1-20(11-12-6-8-14(19)9-7-12)17(21)16-10-13-4-2-3-5-15(13)18(22)23-16/h2-9,16H,10-11H2,1H3. The van der Waals surface area contributed by atoms with E-state index in [9.17, 15) is 9.59 Å². The number of likely N-dealkylation sites (N-methyl/N-ethyl adjacent to an activating group) is 1. The molecule has 1 unspecified atom stereocenters. The third-order valence-electron chi connectivity index (χ3n) is 3.88. The maximum atomic E-state index is 12.5. The van der Waals surface area contributed by atoms with E-state index < -0.39 is 12.1 Å². The second-order valence-corrected chi connectivity index (χ2v) is 6.01. The van der Waals surface area contributed by atoms with E-state index in [0.717, 1.165) is 11.1 Å². The second-order valence-electron chi connectivity index (χ2n) is 5.58. The number of esters is 1. The van der Waals surface area contributed by atoms with Gasteiger partial charge in [-0.3, -0.25) is 4.79 Å². The first-order chi connectivity index (χ1) is 11.0. The van der Waals surface area contributed by atoms with Crippen molar-refractivity contribution in [3.05, 3.63) is 70.2 Å². The lowest BCUT2D eigenvalue weighted by atomic mass is 9.98. The van der Waals surface area contributed by atoms with Gasteiger partial charge in [-0.2, -0.15) is 0 Å². The highest BCUT2D eigenvalue weighted by atomic mass is 35.5. The Kier molecular flexibility index (Phi) is 4.35. The Labute approximate surface area is 139 Å². The zero-order valence-corrected chi connectivity index (χ0v) is 13.4. The van der Waals surface area contributed by atoms with E-state index in [1.807, 2.05) is 24.3 Å². The number of benzene rings is 2. The van der Waals surface area contributed by atoms with Crippen LogP contribution >= 0.6 is 11.6 Å². The molecule has 0 aliphatic carbocycles. The van der Waals surface area contributed by atoms with Crippen LogP contribution in [0, 0.1) is 0 Å². The van der Waals surface area contributed by atoms with Crippen molar-refractivity contribution in [2.75, 3.05) is 7.05 Å². The number of hydrogen-bond donors (Lipinski definition) is 0. The summed E-state index contributed by atoms with van der Waals surface area (Å²) in [5, 5.41) is 0.653. The Hall–Kier alpha value is -2.33. The van der Waals surface area contributed by atoms with Gasteiger partial charge in [-0.15, -0.1) is 0 Å². The molecule has 3 rings (SSSR count). The molecule has 4 nitrogen and oxygen atoms in total. The van der Waals surface area contributed by atoms with Crippen molar-refractivity contribution in [2.45, 2.75) is 19.1 Å². The van der Waals surface area contributed by atoms with E-state index >= 15 is 0 Å². The van der Waals surface area contributed by atoms with E-state index in [4.69, 9.17) is 16.3 Å². The Morgan fingerprint density at radius 2 is 1.91 bits per heavy atom. The molecule has 0 radical (unpaired) electrons. The molecule has 1 amide bonds. The molecule has 118 valence electrons. The van der Waals surface area contributed by atoms with Crippen LogP contribution in [0.4, 0.5) is 0 Å². The fourth-order valence-corrected chi connectivity index (χ4v) is 2.78. The van der Waals surface area contributed by atoms with Gasteiger partial charge in [-0.1, -0.05) is 41.9 Å². The summed E-state index contributed by atoms with van der Waals surface area (Å²) < 4.78 is 5.30. The van der Waals surface area contributed by atoms with Crippen molar-refractivity contribution < 1.29 is 14.3 Å². The van der Waals surface area contributed by atoms with Crippen LogP contribution in [0.2, 0.25) is 5.02 Å². The van der Waals surface area contributed by atoms with Gasteiger partial charge in [0.15, 0.2) is 6.10 Å². The van der Waals surface area contributed by atoms with Gasteiger partial charge >= 0.3 is 5.97 Å². The highest BCUT2D eigenvalue weighted by molar-refractivity contribution is 6.30. The van der Waals surface area contributed by atoms with Crippen molar-refractivity contribution in [3.63, 3.8) is 0 Å². The third-order valence-corrected chi connectivity index (χ3v) is 4.13. The molecule has 2 aromatic carbocycles. The van der Waals surface area contributed by atoms with Crippen molar-refractivity contribution >= 4 is 23.5 Å². The lowest BCUT2D eigenvalue weighted by Gasteiger charge is -2.27. The molecular weight excluding hydrogens is 314 g/mol. The fourth-order valence-electron chi connectivity index (χ4n) is 2.66. The average Bonchev–Trinajstić information content (AvgIpc) is 2.56. The summed E-state index contributed by atoms with van der Waals surface area (Å²) in [6.07, 6.45) is -0.360. The van der Waals surface area contributed by atoms with E-state index in [1.54, 1.807) is 36.2 Å². The highest BCUT2D eigenvalue weighted by Gasteiger charge is 2.32. The average molecular weight is 330 g/mol. The molecule has 1 aliphatic heterocycles. The molecule has 5 heteroatoms. The number of cyclic esters (lactones) is 1. The minimum absolute atomic E-state index is 0.206. The maximum Gasteiger partial charge on any atom is 0.339 e. The molecule has 0 bridgehead atoms. The minimum Gasteiger partial charge on any atom is -0.448 e. The van der Waals surface area contributed by atoms with Gasteiger partial charge in [0.1, 0.15) is 0 Å². The van der Waals surface area contributed by atoms with E-state index in [1.165, 1.54) is 0 Å². The van der Waals surface area contributed by atoms with Gasteiger partial charge in [0.05, 0.1) is 5.56 Å². The van der Waals surface area contributed by atoms with Crippen LogP contribution < -0.4 is 0 Å². The first-order valence-electron chi connectivity index (χ1n) is 7.33. The van der Waals surface area contributed by atoms with E-state index in [-0.39, 0.29) is 5.91 Å². The van der Waals surface area contributed by atoms with Gasteiger partial charge in [-0.25, -0.2) is 4.79 Å². The largest absolute Gasteiger partial charge is 0.448 e. The molecule has 0 fully saturated rings. The van der Waals surface area contributed by atoms with Crippen molar-refractivity contribution in [2.24, 2.45) is 0 Å². The number of rotatable bonds is 3. The highest BCUT2D eigenvalue weighted by Crippen LogP contribution is 2.22. The molecule has 0 saturated carbocycles. The number of halogens is 1. The van der Waals surface area contributed by atoms with Gasteiger partial charge in [0.25, 0.3) is 5.91 Å². The fraction of sp³-hybridized carbons (Fsp3) is 0.222. The summed E-state index contributed by atoms with van der Waals surface area (Å²) in [4.78, 5) is 26.1. The molecular formula is C18H16ClNO3. The van der Waals surface area contributed by atoms with Crippen molar-refractivity contribution in [3.8, 4) is 0 Å². The quantitative estimate of drug-likeness (QED) is 0.813. The number of fused-ring (bicyclic) bond motifs is 1. The first kappa shape index (κ1) is 15.6. The SMILES string of the molecule is CN(Cc1ccc(Cl)cc1)C(=O)C1Cc2ccccc2C(=O)O1. The molecule has 2 aromatic rings. The van der Waals surface area contributed by atoms with E-state index in [2.05, 4.69) is 0 Å². The van der Waals surface area contributed by atoms with Crippen LogP contribution in [0.3, 0.4) is 0 Å². The Balaban J connectivity index is 1.71. The number of nitrogens with zero attached hydrogens (tertiary/aromatic N) is 1. The summed E-state index contributed by atoms with van der Waals surface area (Å²) in [5.74, 6) is -0.645. The Morgan fingerprint density at radius 3 is 2.65 bits per heavy atom. The lowest BCUT2D eigenvalue weighted by Crippen LogP contribution is -2.42. The zero-order chi connectivity index (χ0) is 16.4. The normalized spacial score (nSPS) is 16.4. The summed E-state index contributed by atoms with van der Waals surface area (Å²) in [7, 11) is 1.70.